The Labute approximate surface area is 123 Å². The second kappa shape index (κ2) is 7.56. The maximum absolute atomic E-state index is 9.01. The zero-order chi connectivity index (χ0) is 15.1. The monoisotopic (exact) mass is 289 g/mol. The molecule has 1 aromatic heterocycles. The van der Waals surface area contributed by atoms with E-state index in [0.29, 0.717) is 24.8 Å². The molecule has 0 atom stereocenters. The van der Waals surface area contributed by atoms with Crippen LogP contribution in [-0.2, 0) is 19.7 Å². The first kappa shape index (κ1) is 15.2. The van der Waals surface area contributed by atoms with Gasteiger partial charge in [-0.2, -0.15) is 0 Å². The van der Waals surface area contributed by atoms with Gasteiger partial charge in [-0.3, -0.25) is 0 Å². The van der Waals surface area contributed by atoms with Crippen LogP contribution in [0.1, 0.15) is 16.7 Å². The number of methoxy groups -OCH3 is 2. The molecular formula is C15H19N3O3. The fourth-order valence-corrected chi connectivity index (χ4v) is 1.98. The third-order valence-corrected chi connectivity index (χ3v) is 3.09. The minimum Gasteiger partial charge on any atom is -0.481 e. The summed E-state index contributed by atoms with van der Waals surface area (Å²) >= 11 is 0. The Kier molecular flexibility index (Phi) is 5.48. The number of ether oxygens (including phenoxy) is 2. The molecule has 0 aliphatic rings. The Bertz CT molecular complexity index is 551. The number of aliphatic hydroxyl groups is 1. The van der Waals surface area contributed by atoms with E-state index in [1.165, 1.54) is 6.33 Å². The van der Waals surface area contributed by atoms with Gasteiger partial charge in [0.2, 0.25) is 11.8 Å². The molecule has 0 aliphatic heterocycles. The Hall–Kier alpha value is -2.18. The van der Waals surface area contributed by atoms with E-state index in [1.807, 2.05) is 24.3 Å². The van der Waals surface area contributed by atoms with Gasteiger partial charge in [-0.1, -0.05) is 24.3 Å². The molecule has 0 saturated carbocycles. The summed E-state index contributed by atoms with van der Waals surface area (Å²) in [4.78, 5) is 8.15. The molecule has 0 amide bonds. The Morgan fingerprint density at radius 1 is 0.952 bits per heavy atom. The maximum atomic E-state index is 9.01. The molecule has 0 spiro atoms. The number of benzene rings is 1. The summed E-state index contributed by atoms with van der Waals surface area (Å²) in [6.45, 7) is 1.28. The minimum atomic E-state index is 0.0590. The molecule has 2 rings (SSSR count). The van der Waals surface area contributed by atoms with Crippen LogP contribution >= 0.6 is 0 Å². The van der Waals surface area contributed by atoms with E-state index >= 15 is 0 Å². The molecule has 6 nitrogen and oxygen atoms in total. The lowest BCUT2D eigenvalue weighted by atomic mass is 10.1. The van der Waals surface area contributed by atoms with Gasteiger partial charge in [-0.25, -0.2) is 9.97 Å². The van der Waals surface area contributed by atoms with Gasteiger partial charge in [-0.05, 0) is 11.1 Å². The number of nitrogens with one attached hydrogen (secondary N) is 1. The minimum absolute atomic E-state index is 0.0590. The Morgan fingerprint density at radius 2 is 1.52 bits per heavy atom. The first-order chi connectivity index (χ1) is 10.3. The molecule has 21 heavy (non-hydrogen) atoms. The van der Waals surface area contributed by atoms with Crippen LogP contribution in [0.4, 0.5) is 0 Å². The number of rotatable bonds is 7. The lowest BCUT2D eigenvalue weighted by Gasteiger charge is -2.11. The fraction of sp³-hybridized carbons (Fsp3) is 0.333. The Morgan fingerprint density at radius 3 is 2.05 bits per heavy atom. The van der Waals surface area contributed by atoms with Gasteiger partial charge in [0.15, 0.2) is 0 Å². The largest absolute Gasteiger partial charge is 0.481 e. The lowest BCUT2D eigenvalue weighted by molar-refractivity contribution is 0.282. The lowest BCUT2D eigenvalue weighted by Crippen LogP contribution is -2.15. The third kappa shape index (κ3) is 3.90. The smallest absolute Gasteiger partial charge is 0.224 e. The van der Waals surface area contributed by atoms with Crippen molar-refractivity contribution in [1.29, 1.82) is 0 Å². The number of hydrogen-bond acceptors (Lipinski definition) is 6. The summed E-state index contributed by atoms with van der Waals surface area (Å²) < 4.78 is 10.4. The summed E-state index contributed by atoms with van der Waals surface area (Å²) in [5.74, 6) is 1.01. The van der Waals surface area contributed by atoms with Crippen molar-refractivity contribution in [2.45, 2.75) is 19.7 Å². The van der Waals surface area contributed by atoms with Gasteiger partial charge in [0, 0.05) is 13.1 Å². The van der Waals surface area contributed by atoms with Crippen LogP contribution in [0.25, 0.3) is 0 Å². The van der Waals surface area contributed by atoms with Crippen molar-refractivity contribution in [3.63, 3.8) is 0 Å². The molecule has 0 aliphatic carbocycles. The van der Waals surface area contributed by atoms with Crippen LogP contribution < -0.4 is 14.8 Å². The summed E-state index contributed by atoms with van der Waals surface area (Å²) in [6, 6.07) is 7.77. The zero-order valence-corrected chi connectivity index (χ0v) is 12.2. The van der Waals surface area contributed by atoms with Crippen LogP contribution in [0, 0.1) is 0 Å². The van der Waals surface area contributed by atoms with Crippen LogP contribution in [-0.4, -0.2) is 29.3 Å². The number of aromatic nitrogens is 2. The van der Waals surface area contributed by atoms with Gasteiger partial charge in [-0.15, -0.1) is 0 Å². The van der Waals surface area contributed by atoms with Crippen LogP contribution in [0.15, 0.2) is 30.6 Å². The van der Waals surface area contributed by atoms with Crippen LogP contribution in [0.3, 0.4) is 0 Å². The molecule has 6 heteroatoms. The predicted octanol–water partition coefficient (Wildman–Crippen LogP) is 1.28. The topological polar surface area (TPSA) is 76.5 Å². The standard InChI is InChI=1S/C15H19N3O3/c1-20-14-13(15(21-2)18-10-17-14)8-16-7-11-3-5-12(9-19)6-4-11/h3-6,10,16,19H,7-9H2,1-2H3. The van der Waals surface area contributed by atoms with Gasteiger partial charge in [0.05, 0.1) is 26.4 Å². The summed E-state index contributed by atoms with van der Waals surface area (Å²) in [5, 5.41) is 12.3. The van der Waals surface area contributed by atoms with E-state index in [1.54, 1.807) is 14.2 Å². The number of nitrogens with zero attached hydrogens (tertiary/aromatic N) is 2. The quantitative estimate of drug-likeness (QED) is 0.799. The van der Waals surface area contributed by atoms with Crippen molar-refractivity contribution in [3.05, 3.63) is 47.3 Å². The molecule has 0 bridgehead atoms. The van der Waals surface area contributed by atoms with E-state index in [0.717, 1.165) is 16.7 Å². The van der Waals surface area contributed by atoms with Gasteiger partial charge < -0.3 is 19.9 Å². The van der Waals surface area contributed by atoms with Crippen molar-refractivity contribution in [2.24, 2.45) is 0 Å². The average Bonchev–Trinajstić information content (AvgIpc) is 2.55. The van der Waals surface area contributed by atoms with E-state index in [4.69, 9.17) is 14.6 Å². The Balaban J connectivity index is 1.99. The predicted molar refractivity (Wildman–Crippen MR) is 78.0 cm³/mol. The summed E-state index contributed by atoms with van der Waals surface area (Å²) in [5.41, 5.74) is 2.81. The van der Waals surface area contributed by atoms with Gasteiger partial charge in [0.25, 0.3) is 0 Å². The highest BCUT2D eigenvalue weighted by Crippen LogP contribution is 2.22. The van der Waals surface area contributed by atoms with Crippen molar-refractivity contribution >= 4 is 0 Å². The van der Waals surface area contributed by atoms with Gasteiger partial charge in [0.1, 0.15) is 6.33 Å². The fourth-order valence-electron chi connectivity index (χ4n) is 1.98. The summed E-state index contributed by atoms with van der Waals surface area (Å²) in [6.07, 6.45) is 1.41. The molecule has 0 fully saturated rings. The number of aliphatic hydroxyl groups excluding tert-OH is 1. The van der Waals surface area contributed by atoms with Crippen molar-refractivity contribution in [3.8, 4) is 11.8 Å². The molecule has 1 aromatic carbocycles. The van der Waals surface area contributed by atoms with Crippen molar-refractivity contribution in [2.75, 3.05) is 14.2 Å². The molecule has 2 aromatic rings. The molecular weight excluding hydrogens is 270 g/mol. The second-order valence-electron chi connectivity index (χ2n) is 4.45. The van der Waals surface area contributed by atoms with Crippen molar-refractivity contribution < 1.29 is 14.6 Å². The van der Waals surface area contributed by atoms with E-state index in [2.05, 4.69) is 15.3 Å². The maximum Gasteiger partial charge on any atom is 0.224 e. The normalized spacial score (nSPS) is 10.4. The first-order valence-electron chi connectivity index (χ1n) is 6.59. The van der Waals surface area contributed by atoms with E-state index in [9.17, 15) is 0 Å². The second-order valence-corrected chi connectivity index (χ2v) is 4.45. The van der Waals surface area contributed by atoms with Gasteiger partial charge >= 0.3 is 0 Å². The summed E-state index contributed by atoms with van der Waals surface area (Å²) in [7, 11) is 3.14. The number of hydrogen-bond donors (Lipinski definition) is 2. The highest BCUT2D eigenvalue weighted by atomic mass is 16.5. The molecule has 0 unspecified atom stereocenters. The molecule has 0 saturated heterocycles. The van der Waals surface area contributed by atoms with E-state index in [-0.39, 0.29) is 6.61 Å². The first-order valence-corrected chi connectivity index (χ1v) is 6.59. The molecule has 2 N–H and O–H groups in total. The van der Waals surface area contributed by atoms with E-state index < -0.39 is 0 Å². The highest BCUT2D eigenvalue weighted by molar-refractivity contribution is 5.34. The molecule has 0 radical (unpaired) electrons. The molecule has 1 heterocycles. The highest BCUT2D eigenvalue weighted by Gasteiger charge is 2.12. The van der Waals surface area contributed by atoms with Crippen molar-refractivity contribution in [1.82, 2.24) is 15.3 Å². The zero-order valence-electron chi connectivity index (χ0n) is 12.2. The third-order valence-electron chi connectivity index (χ3n) is 3.09. The average molecular weight is 289 g/mol. The SMILES string of the molecule is COc1ncnc(OC)c1CNCc1ccc(CO)cc1. The van der Waals surface area contributed by atoms with Crippen LogP contribution in [0.2, 0.25) is 0 Å². The van der Waals surface area contributed by atoms with Crippen LogP contribution in [0.5, 0.6) is 11.8 Å². The molecule has 112 valence electrons.